The molecular weight excluding hydrogens is 316 g/mol. The predicted molar refractivity (Wildman–Crippen MR) is 84.0 cm³/mol. The van der Waals surface area contributed by atoms with E-state index < -0.39 is 11.6 Å². The zero-order valence-electron chi connectivity index (χ0n) is 13.4. The molecule has 0 spiro atoms. The van der Waals surface area contributed by atoms with E-state index in [2.05, 4.69) is 5.10 Å². The summed E-state index contributed by atoms with van der Waals surface area (Å²) >= 11 is 0. The molecule has 5 nitrogen and oxygen atoms in total. The molecule has 1 fully saturated rings. The van der Waals surface area contributed by atoms with Crippen LogP contribution in [0.2, 0.25) is 0 Å². The van der Waals surface area contributed by atoms with Gasteiger partial charge in [-0.15, -0.1) is 0 Å². The number of carbonyl (C=O) groups excluding carboxylic acids is 1. The molecule has 24 heavy (non-hydrogen) atoms. The van der Waals surface area contributed by atoms with Crippen LogP contribution in [0, 0.1) is 11.6 Å². The molecule has 2 heterocycles. The average molecular weight is 335 g/mol. The third kappa shape index (κ3) is 3.46. The summed E-state index contributed by atoms with van der Waals surface area (Å²) in [6.07, 6.45) is 4.26. The minimum atomic E-state index is -0.727. The van der Waals surface area contributed by atoms with E-state index in [4.69, 9.17) is 4.74 Å². The highest BCUT2D eigenvalue weighted by Crippen LogP contribution is 2.17. The Morgan fingerprint density at radius 3 is 2.83 bits per heavy atom. The van der Waals surface area contributed by atoms with Crippen LogP contribution in [0.4, 0.5) is 8.78 Å². The largest absolute Gasteiger partial charge is 0.381 e. The first-order valence-electron chi connectivity index (χ1n) is 7.91. The number of likely N-dealkylation sites (tertiary alicyclic amines) is 1. The second-order valence-corrected chi connectivity index (χ2v) is 5.82. The Hall–Kier alpha value is -2.28. The summed E-state index contributed by atoms with van der Waals surface area (Å²) in [5.41, 5.74) is 0.348. The molecule has 0 aliphatic carbocycles. The van der Waals surface area contributed by atoms with Crippen molar-refractivity contribution in [1.29, 1.82) is 0 Å². The van der Waals surface area contributed by atoms with Gasteiger partial charge in [-0.3, -0.25) is 4.79 Å². The number of methoxy groups -OCH3 is 1. The first kappa shape index (κ1) is 16.6. The molecule has 0 bridgehead atoms. The molecule has 2 aromatic rings. The zero-order chi connectivity index (χ0) is 17.1. The van der Waals surface area contributed by atoms with Crippen LogP contribution in [0.25, 0.3) is 5.69 Å². The Balaban J connectivity index is 1.76. The summed E-state index contributed by atoms with van der Waals surface area (Å²) in [4.78, 5) is 14.3. The molecule has 0 saturated carbocycles. The van der Waals surface area contributed by atoms with Crippen molar-refractivity contribution in [3.05, 3.63) is 47.8 Å². The third-order valence-electron chi connectivity index (χ3n) is 4.26. The fourth-order valence-corrected chi connectivity index (χ4v) is 2.91. The number of aromatic nitrogens is 2. The van der Waals surface area contributed by atoms with Crippen LogP contribution in [-0.2, 0) is 4.74 Å². The highest BCUT2D eigenvalue weighted by Gasteiger charge is 2.23. The van der Waals surface area contributed by atoms with Crippen molar-refractivity contribution >= 4 is 5.91 Å². The molecule has 3 rings (SSSR count). The van der Waals surface area contributed by atoms with Crippen LogP contribution in [0.1, 0.15) is 29.8 Å². The van der Waals surface area contributed by atoms with Gasteiger partial charge in [0.25, 0.3) is 5.91 Å². The Morgan fingerprint density at radius 2 is 2.08 bits per heavy atom. The SMILES string of the molecule is COC1CCCN(C(=O)c2ccn(-c3ccc(F)cc3F)n2)CC1. The van der Waals surface area contributed by atoms with E-state index in [0.29, 0.717) is 13.1 Å². The Labute approximate surface area is 138 Å². The molecule has 1 atom stereocenters. The van der Waals surface area contributed by atoms with Crippen molar-refractivity contribution in [3.8, 4) is 5.69 Å². The van der Waals surface area contributed by atoms with Gasteiger partial charge in [0.15, 0.2) is 11.5 Å². The quantitative estimate of drug-likeness (QED) is 0.866. The summed E-state index contributed by atoms with van der Waals surface area (Å²) in [5, 5.41) is 4.15. The van der Waals surface area contributed by atoms with Gasteiger partial charge in [0.05, 0.1) is 6.10 Å². The molecule has 1 aromatic heterocycles. The molecule has 0 radical (unpaired) electrons. The molecule has 7 heteroatoms. The summed E-state index contributed by atoms with van der Waals surface area (Å²) < 4.78 is 33.4. The number of amides is 1. The second kappa shape index (κ2) is 7.09. The molecule has 128 valence electrons. The Bertz CT molecular complexity index is 732. The molecule has 1 unspecified atom stereocenters. The van der Waals surface area contributed by atoms with Crippen molar-refractivity contribution in [2.24, 2.45) is 0 Å². The van der Waals surface area contributed by atoms with E-state index in [1.54, 1.807) is 18.1 Å². The predicted octanol–water partition coefficient (Wildman–Crippen LogP) is 2.79. The molecule has 1 saturated heterocycles. The average Bonchev–Trinajstić information content (AvgIpc) is 2.92. The monoisotopic (exact) mass is 335 g/mol. The fourth-order valence-electron chi connectivity index (χ4n) is 2.91. The maximum Gasteiger partial charge on any atom is 0.274 e. The number of benzene rings is 1. The molecule has 0 N–H and O–H groups in total. The highest BCUT2D eigenvalue weighted by molar-refractivity contribution is 5.92. The number of hydrogen-bond acceptors (Lipinski definition) is 3. The summed E-state index contributed by atoms with van der Waals surface area (Å²) in [5.74, 6) is -1.57. The van der Waals surface area contributed by atoms with Gasteiger partial charge in [-0.25, -0.2) is 13.5 Å². The van der Waals surface area contributed by atoms with E-state index in [1.807, 2.05) is 0 Å². The van der Waals surface area contributed by atoms with Crippen molar-refractivity contribution < 1.29 is 18.3 Å². The first-order chi connectivity index (χ1) is 11.6. The standard InChI is InChI=1S/C17H19F2N3O2/c1-24-13-3-2-8-21(9-6-13)17(23)15-7-10-22(20-15)16-5-4-12(18)11-14(16)19/h4-5,7,10-11,13H,2-3,6,8-9H2,1H3. The van der Waals surface area contributed by atoms with Crippen LogP contribution in [0.5, 0.6) is 0 Å². The van der Waals surface area contributed by atoms with E-state index in [1.165, 1.54) is 16.9 Å². The van der Waals surface area contributed by atoms with Gasteiger partial charge in [0.2, 0.25) is 0 Å². The molecule has 1 aliphatic rings. The highest BCUT2D eigenvalue weighted by atomic mass is 19.1. The third-order valence-corrected chi connectivity index (χ3v) is 4.26. The smallest absolute Gasteiger partial charge is 0.274 e. The second-order valence-electron chi connectivity index (χ2n) is 5.82. The lowest BCUT2D eigenvalue weighted by atomic mass is 10.2. The van der Waals surface area contributed by atoms with Crippen molar-refractivity contribution in [2.45, 2.75) is 25.4 Å². The lowest BCUT2D eigenvalue weighted by molar-refractivity contribution is 0.0718. The topological polar surface area (TPSA) is 47.4 Å². The van der Waals surface area contributed by atoms with Gasteiger partial charge in [0, 0.05) is 32.5 Å². The zero-order valence-corrected chi connectivity index (χ0v) is 13.4. The van der Waals surface area contributed by atoms with E-state index in [-0.39, 0.29) is 23.4 Å². The van der Waals surface area contributed by atoms with Gasteiger partial charge in [0.1, 0.15) is 11.5 Å². The van der Waals surface area contributed by atoms with Gasteiger partial charge >= 0.3 is 0 Å². The van der Waals surface area contributed by atoms with Gasteiger partial charge in [-0.05, 0) is 37.5 Å². The minimum Gasteiger partial charge on any atom is -0.381 e. The number of nitrogens with zero attached hydrogens (tertiary/aromatic N) is 3. The molecular formula is C17H19F2N3O2. The van der Waals surface area contributed by atoms with Gasteiger partial charge in [-0.2, -0.15) is 5.10 Å². The van der Waals surface area contributed by atoms with Crippen molar-refractivity contribution in [1.82, 2.24) is 14.7 Å². The number of halogens is 2. The summed E-state index contributed by atoms with van der Waals surface area (Å²) in [6, 6.07) is 4.78. The number of ether oxygens (including phenoxy) is 1. The Kier molecular flexibility index (Phi) is 4.89. The lowest BCUT2D eigenvalue weighted by Crippen LogP contribution is -2.32. The number of carbonyl (C=O) groups is 1. The van der Waals surface area contributed by atoms with Gasteiger partial charge < -0.3 is 9.64 Å². The van der Waals surface area contributed by atoms with Crippen LogP contribution in [0.3, 0.4) is 0 Å². The van der Waals surface area contributed by atoms with E-state index in [9.17, 15) is 13.6 Å². The lowest BCUT2D eigenvalue weighted by Gasteiger charge is -2.19. The van der Waals surface area contributed by atoms with Crippen LogP contribution in [0.15, 0.2) is 30.5 Å². The summed E-state index contributed by atoms with van der Waals surface area (Å²) in [6.45, 7) is 1.26. The molecule has 1 amide bonds. The molecule has 1 aliphatic heterocycles. The van der Waals surface area contributed by atoms with Crippen LogP contribution >= 0.6 is 0 Å². The number of hydrogen-bond donors (Lipinski definition) is 0. The van der Waals surface area contributed by atoms with E-state index in [0.717, 1.165) is 31.4 Å². The van der Waals surface area contributed by atoms with Crippen LogP contribution in [-0.4, -0.2) is 46.9 Å². The Morgan fingerprint density at radius 1 is 1.25 bits per heavy atom. The van der Waals surface area contributed by atoms with Crippen molar-refractivity contribution in [3.63, 3.8) is 0 Å². The normalized spacial score (nSPS) is 18.5. The minimum absolute atomic E-state index is 0.103. The molecule has 1 aromatic carbocycles. The van der Waals surface area contributed by atoms with Crippen molar-refractivity contribution in [2.75, 3.05) is 20.2 Å². The summed E-state index contributed by atoms with van der Waals surface area (Å²) in [7, 11) is 1.68. The maximum absolute atomic E-state index is 13.8. The van der Waals surface area contributed by atoms with E-state index >= 15 is 0 Å². The van der Waals surface area contributed by atoms with Gasteiger partial charge in [-0.1, -0.05) is 0 Å². The van der Waals surface area contributed by atoms with Crippen LogP contribution < -0.4 is 0 Å². The fraction of sp³-hybridized carbons (Fsp3) is 0.412. The number of rotatable bonds is 3. The first-order valence-corrected chi connectivity index (χ1v) is 7.91. The maximum atomic E-state index is 13.8.